The highest BCUT2D eigenvalue weighted by molar-refractivity contribution is 5.72. The van der Waals surface area contributed by atoms with E-state index >= 15 is 0 Å². The molecule has 0 aliphatic carbocycles. The highest BCUT2D eigenvalue weighted by Gasteiger charge is 2.09. The van der Waals surface area contributed by atoms with Crippen molar-refractivity contribution in [3.63, 3.8) is 0 Å². The zero-order chi connectivity index (χ0) is 10.6. The molecule has 1 unspecified atom stereocenters. The topological polar surface area (TPSA) is 67.2 Å². The van der Waals surface area contributed by atoms with Crippen LogP contribution < -0.4 is 5.32 Å². The summed E-state index contributed by atoms with van der Waals surface area (Å²) in [7, 11) is 0. The molecule has 5 heteroatoms. The lowest BCUT2D eigenvalue weighted by Gasteiger charge is -2.06. The average Bonchev–Trinajstić information content (AvgIpc) is 2.61. The van der Waals surface area contributed by atoms with E-state index in [0.29, 0.717) is 6.54 Å². The van der Waals surface area contributed by atoms with Crippen molar-refractivity contribution in [3.05, 3.63) is 18.0 Å². The van der Waals surface area contributed by atoms with E-state index in [0.717, 1.165) is 12.1 Å². The fraction of sp³-hybridized carbons (Fsp3) is 0.556. The van der Waals surface area contributed by atoms with Crippen molar-refractivity contribution >= 4 is 5.97 Å². The zero-order valence-corrected chi connectivity index (χ0v) is 8.40. The summed E-state index contributed by atoms with van der Waals surface area (Å²) in [6, 6.07) is -0.528. The van der Waals surface area contributed by atoms with E-state index in [1.807, 2.05) is 17.8 Å². The lowest BCUT2D eigenvalue weighted by molar-refractivity contribution is -0.139. The molecule has 1 atom stereocenters. The number of carboxylic acids is 1. The third kappa shape index (κ3) is 2.85. The zero-order valence-electron chi connectivity index (χ0n) is 8.40. The molecule has 5 nitrogen and oxygen atoms in total. The lowest BCUT2D eigenvalue weighted by atomic mass is 10.3. The number of carbonyl (C=O) groups is 1. The van der Waals surface area contributed by atoms with E-state index in [4.69, 9.17) is 5.11 Å². The standard InChI is InChI=1S/C9H15N3O2/c1-3-12-6-8(5-11-12)4-10-7(2)9(13)14/h5-7,10H,3-4H2,1-2H3,(H,13,14). The van der Waals surface area contributed by atoms with E-state index in [9.17, 15) is 4.79 Å². The first-order valence-corrected chi connectivity index (χ1v) is 4.61. The predicted octanol–water partition coefficient (Wildman–Crippen LogP) is 0.466. The van der Waals surface area contributed by atoms with Gasteiger partial charge in [-0.2, -0.15) is 5.10 Å². The van der Waals surface area contributed by atoms with Crippen LogP contribution in [0.2, 0.25) is 0 Å². The minimum atomic E-state index is -0.840. The first kappa shape index (κ1) is 10.7. The van der Waals surface area contributed by atoms with Gasteiger partial charge in [-0.05, 0) is 13.8 Å². The van der Waals surface area contributed by atoms with Crippen LogP contribution in [-0.4, -0.2) is 26.9 Å². The Morgan fingerprint density at radius 3 is 3.00 bits per heavy atom. The van der Waals surface area contributed by atoms with E-state index in [2.05, 4.69) is 10.4 Å². The Hall–Kier alpha value is -1.36. The summed E-state index contributed by atoms with van der Waals surface area (Å²) in [4.78, 5) is 10.5. The van der Waals surface area contributed by atoms with Crippen LogP contribution in [0.4, 0.5) is 0 Å². The molecule has 0 aromatic carbocycles. The highest BCUT2D eigenvalue weighted by Crippen LogP contribution is 1.97. The molecule has 0 radical (unpaired) electrons. The van der Waals surface area contributed by atoms with Gasteiger partial charge in [-0.15, -0.1) is 0 Å². The van der Waals surface area contributed by atoms with Gasteiger partial charge in [-0.1, -0.05) is 0 Å². The number of rotatable bonds is 5. The Morgan fingerprint density at radius 1 is 1.79 bits per heavy atom. The van der Waals surface area contributed by atoms with Crippen molar-refractivity contribution in [2.75, 3.05) is 0 Å². The maximum atomic E-state index is 10.5. The Balaban J connectivity index is 2.41. The van der Waals surface area contributed by atoms with Crippen LogP contribution in [0, 0.1) is 0 Å². The number of carboxylic acid groups (broad SMARTS) is 1. The first-order chi connectivity index (χ1) is 6.63. The molecular weight excluding hydrogens is 182 g/mol. The molecule has 0 saturated carbocycles. The van der Waals surface area contributed by atoms with Crippen molar-refractivity contribution in [2.45, 2.75) is 33.0 Å². The fourth-order valence-electron chi connectivity index (χ4n) is 1.03. The van der Waals surface area contributed by atoms with Gasteiger partial charge in [0.05, 0.1) is 6.20 Å². The second kappa shape index (κ2) is 4.76. The molecule has 2 N–H and O–H groups in total. The second-order valence-corrected chi connectivity index (χ2v) is 3.15. The Morgan fingerprint density at radius 2 is 2.50 bits per heavy atom. The summed E-state index contributed by atoms with van der Waals surface area (Å²) < 4.78 is 1.81. The number of nitrogens with one attached hydrogen (secondary N) is 1. The van der Waals surface area contributed by atoms with Crippen LogP contribution in [0.1, 0.15) is 19.4 Å². The van der Waals surface area contributed by atoms with Crippen LogP contribution in [0.25, 0.3) is 0 Å². The Labute approximate surface area is 82.7 Å². The second-order valence-electron chi connectivity index (χ2n) is 3.15. The fourth-order valence-corrected chi connectivity index (χ4v) is 1.03. The minimum absolute atomic E-state index is 0.528. The molecular formula is C9H15N3O2. The predicted molar refractivity (Wildman–Crippen MR) is 51.8 cm³/mol. The van der Waals surface area contributed by atoms with Gasteiger partial charge in [0.2, 0.25) is 0 Å². The van der Waals surface area contributed by atoms with Crippen LogP contribution >= 0.6 is 0 Å². The van der Waals surface area contributed by atoms with Gasteiger partial charge in [-0.25, -0.2) is 0 Å². The summed E-state index contributed by atoms with van der Waals surface area (Å²) in [5.74, 6) is -0.840. The average molecular weight is 197 g/mol. The van der Waals surface area contributed by atoms with Gasteiger partial charge in [0.1, 0.15) is 6.04 Å². The van der Waals surface area contributed by atoms with E-state index in [-0.39, 0.29) is 0 Å². The number of nitrogens with zero attached hydrogens (tertiary/aromatic N) is 2. The molecule has 78 valence electrons. The summed E-state index contributed by atoms with van der Waals surface area (Å²) >= 11 is 0. The van der Waals surface area contributed by atoms with Crippen LogP contribution in [0.15, 0.2) is 12.4 Å². The van der Waals surface area contributed by atoms with Gasteiger partial charge in [-0.3, -0.25) is 9.48 Å². The van der Waals surface area contributed by atoms with Crippen molar-refractivity contribution < 1.29 is 9.90 Å². The van der Waals surface area contributed by atoms with Gasteiger partial charge in [0, 0.05) is 24.8 Å². The molecule has 0 aliphatic heterocycles. The van der Waals surface area contributed by atoms with E-state index in [1.54, 1.807) is 13.1 Å². The number of aromatic nitrogens is 2. The lowest BCUT2D eigenvalue weighted by Crippen LogP contribution is -2.32. The van der Waals surface area contributed by atoms with Gasteiger partial charge < -0.3 is 10.4 Å². The maximum absolute atomic E-state index is 10.5. The molecule has 0 bridgehead atoms. The molecule has 1 aromatic heterocycles. The summed E-state index contributed by atoms with van der Waals surface area (Å²) in [5.41, 5.74) is 1.000. The monoisotopic (exact) mass is 197 g/mol. The molecule has 0 fully saturated rings. The molecule has 14 heavy (non-hydrogen) atoms. The molecule has 0 amide bonds. The maximum Gasteiger partial charge on any atom is 0.320 e. The van der Waals surface area contributed by atoms with Crippen LogP contribution in [0.5, 0.6) is 0 Å². The van der Waals surface area contributed by atoms with Gasteiger partial charge >= 0.3 is 5.97 Å². The van der Waals surface area contributed by atoms with Crippen molar-refractivity contribution in [2.24, 2.45) is 0 Å². The largest absolute Gasteiger partial charge is 0.480 e. The van der Waals surface area contributed by atoms with Crippen molar-refractivity contribution in [3.8, 4) is 0 Å². The number of hydrogen-bond acceptors (Lipinski definition) is 3. The molecule has 0 aliphatic rings. The first-order valence-electron chi connectivity index (χ1n) is 4.61. The van der Waals surface area contributed by atoms with E-state index in [1.165, 1.54) is 0 Å². The summed E-state index contributed by atoms with van der Waals surface area (Å²) in [6.07, 6.45) is 3.65. The smallest absolute Gasteiger partial charge is 0.320 e. The SMILES string of the molecule is CCn1cc(CNC(C)C(=O)O)cn1. The van der Waals surface area contributed by atoms with Gasteiger partial charge in [0.15, 0.2) is 0 Å². The Bertz CT molecular complexity index is 309. The summed E-state index contributed by atoms with van der Waals surface area (Å²) in [6.45, 7) is 4.98. The van der Waals surface area contributed by atoms with Gasteiger partial charge in [0.25, 0.3) is 0 Å². The number of aliphatic carboxylic acids is 1. The number of hydrogen-bond donors (Lipinski definition) is 2. The number of aryl methyl sites for hydroxylation is 1. The molecule has 1 heterocycles. The quantitative estimate of drug-likeness (QED) is 0.720. The highest BCUT2D eigenvalue weighted by atomic mass is 16.4. The summed E-state index contributed by atoms with van der Waals surface area (Å²) in [5, 5.41) is 15.6. The third-order valence-corrected chi connectivity index (χ3v) is 1.99. The minimum Gasteiger partial charge on any atom is -0.480 e. The van der Waals surface area contributed by atoms with Crippen LogP contribution in [-0.2, 0) is 17.9 Å². The van der Waals surface area contributed by atoms with Crippen LogP contribution in [0.3, 0.4) is 0 Å². The van der Waals surface area contributed by atoms with Crippen molar-refractivity contribution in [1.82, 2.24) is 15.1 Å². The molecule has 1 rings (SSSR count). The van der Waals surface area contributed by atoms with E-state index < -0.39 is 12.0 Å². The Kier molecular flexibility index (Phi) is 3.64. The van der Waals surface area contributed by atoms with Crippen molar-refractivity contribution in [1.29, 1.82) is 0 Å². The molecule has 0 saturated heterocycles. The third-order valence-electron chi connectivity index (χ3n) is 1.99. The molecule has 1 aromatic rings. The molecule has 0 spiro atoms. The normalized spacial score (nSPS) is 12.7.